The highest BCUT2D eigenvalue weighted by Crippen LogP contribution is 2.23. The van der Waals surface area contributed by atoms with Crippen molar-refractivity contribution in [2.75, 3.05) is 0 Å². The minimum Gasteiger partial charge on any atom is -0.385 e. The summed E-state index contributed by atoms with van der Waals surface area (Å²) in [5.41, 5.74) is 7.15. The van der Waals surface area contributed by atoms with Gasteiger partial charge in [-0.2, -0.15) is 0 Å². The van der Waals surface area contributed by atoms with Crippen LogP contribution < -0.4 is 5.73 Å². The lowest BCUT2D eigenvalue weighted by Gasteiger charge is -2.15. The summed E-state index contributed by atoms with van der Waals surface area (Å²) in [4.78, 5) is 0. The Morgan fingerprint density at radius 1 is 1.36 bits per heavy atom. The number of nitrogens with two attached hydrogens (primary N) is 1. The van der Waals surface area contributed by atoms with E-state index in [0.29, 0.717) is 5.69 Å². The van der Waals surface area contributed by atoms with Crippen molar-refractivity contribution in [1.29, 1.82) is 0 Å². The van der Waals surface area contributed by atoms with Crippen LogP contribution in [0.15, 0.2) is 0 Å². The summed E-state index contributed by atoms with van der Waals surface area (Å²) in [7, 11) is 1.82. The Morgan fingerprint density at radius 2 is 1.93 bits per heavy atom. The van der Waals surface area contributed by atoms with Crippen molar-refractivity contribution in [1.82, 2.24) is 15.0 Å². The van der Waals surface area contributed by atoms with Crippen molar-refractivity contribution in [3.8, 4) is 0 Å². The van der Waals surface area contributed by atoms with E-state index in [-0.39, 0.29) is 12.0 Å². The maximum Gasteiger partial charge on any atom is 0.116 e. The van der Waals surface area contributed by atoms with E-state index < -0.39 is 6.10 Å². The van der Waals surface area contributed by atoms with Gasteiger partial charge >= 0.3 is 0 Å². The molecule has 0 saturated carbocycles. The molecule has 2 atom stereocenters. The monoisotopic (exact) mass is 198 g/mol. The molecule has 2 unspecified atom stereocenters. The quantitative estimate of drug-likeness (QED) is 0.733. The Morgan fingerprint density at radius 3 is 2.36 bits per heavy atom. The zero-order chi connectivity index (χ0) is 10.9. The molecule has 14 heavy (non-hydrogen) atoms. The van der Waals surface area contributed by atoms with Crippen molar-refractivity contribution >= 4 is 0 Å². The Bertz CT molecular complexity index is 306. The zero-order valence-electron chi connectivity index (χ0n) is 9.10. The summed E-state index contributed by atoms with van der Waals surface area (Å²) in [6.07, 6.45) is -0.735. The van der Waals surface area contributed by atoms with E-state index in [1.165, 1.54) is 0 Å². The summed E-state index contributed by atoms with van der Waals surface area (Å²) in [5.74, 6) is 0.276. The molecule has 0 saturated heterocycles. The molecule has 0 aliphatic carbocycles. The maximum atomic E-state index is 9.80. The lowest BCUT2D eigenvalue weighted by atomic mass is 10.0. The van der Waals surface area contributed by atoms with Gasteiger partial charge in [-0.05, 0) is 12.8 Å². The minimum atomic E-state index is -0.735. The number of aryl methyl sites for hydroxylation is 1. The molecule has 5 heteroatoms. The lowest BCUT2D eigenvalue weighted by molar-refractivity contribution is 0.147. The summed E-state index contributed by atoms with van der Waals surface area (Å²) in [5, 5.41) is 17.6. The Hall–Kier alpha value is -0.940. The molecule has 5 nitrogen and oxygen atoms in total. The van der Waals surface area contributed by atoms with Crippen LogP contribution >= 0.6 is 0 Å². The van der Waals surface area contributed by atoms with Crippen molar-refractivity contribution in [3.63, 3.8) is 0 Å². The number of hydrogen-bond acceptors (Lipinski definition) is 4. The molecular formula is C9H18N4O. The van der Waals surface area contributed by atoms with E-state index in [1.807, 2.05) is 20.9 Å². The van der Waals surface area contributed by atoms with Gasteiger partial charge in [0.1, 0.15) is 11.8 Å². The van der Waals surface area contributed by atoms with Crippen LogP contribution in [0.25, 0.3) is 0 Å². The van der Waals surface area contributed by atoms with E-state index >= 15 is 0 Å². The van der Waals surface area contributed by atoms with Crippen LogP contribution in [0.3, 0.4) is 0 Å². The first-order valence-corrected chi connectivity index (χ1v) is 4.78. The van der Waals surface area contributed by atoms with Crippen molar-refractivity contribution < 1.29 is 5.11 Å². The van der Waals surface area contributed by atoms with Crippen LogP contribution in [0.4, 0.5) is 0 Å². The van der Waals surface area contributed by atoms with Crippen LogP contribution in [-0.2, 0) is 7.05 Å². The first kappa shape index (κ1) is 11.1. The first-order valence-electron chi connectivity index (χ1n) is 4.78. The fourth-order valence-electron chi connectivity index (χ4n) is 1.51. The molecule has 1 aromatic rings. The highest BCUT2D eigenvalue weighted by molar-refractivity contribution is 5.17. The predicted molar refractivity (Wildman–Crippen MR) is 53.7 cm³/mol. The van der Waals surface area contributed by atoms with Gasteiger partial charge < -0.3 is 10.8 Å². The van der Waals surface area contributed by atoms with E-state index in [9.17, 15) is 5.11 Å². The van der Waals surface area contributed by atoms with Gasteiger partial charge in [-0.3, -0.25) is 4.68 Å². The van der Waals surface area contributed by atoms with Gasteiger partial charge in [0.15, 0.2) is 0 Å². The molecule has 0 bridgehead atoms. The Balaban J connectivity index is 3.09. The van der Waals surface area contributed by atoms with Gasteiger partial charge in [0, 0.05) is 13.1 Å². The predicted octanol–water partition coefficient (Wildman–Crippen LogP) is 0.319. The van der Waals surface area contributed by atoms with Crippen molar-refractivity contribution in [2.45, 2.75) is 38.8 Å². The molecule has 0 amide bonds. The third kappa shape index (κ3) is 1.93. The minimum absolute atomic E-state index is 0.276. The number of aliphatic hydroxyl groups is 1. The highest BCUT2D eigenvalue weighted by atomic mass is 16.3. The summed E-state index contributed by atoms with van der Waals surface area (Å²) >= 11 is 0. The van der Waals surface area contributed by atoms with Gasteiger partial charge in [-0.15, -0.1) is 5.10 Å². The fourth-order valence-corrected chi connectivity index (χ4v) is 1.51. The van der Waals surface area contributed by atoms with Gasteiger partial charge in [-0.25, -0.2) is 0 Å². The molecule has 0 aliphatic heterocycles. The Kier molecular flexibility index (Phi) is 3.23. The molecule has 80 valence electrons. The molecule has 1 aromatic heterocycles. The van der Waals surface area contributed by atoms with Gasteiger partial charge in [0.25, 0.3) is 0 Å². The molecular weight excluding hydrogens is 180 g/mol. The molecule has 0 aromatic carbocycles. The van der Waals surface area contributed by atoms with E-state index in [2.05, 4.69) is 10.3 Å². The molecule has 1 heterocycles. The van der Waals surface area contributed by atoms with Gasteiger partial charge in [0.05, 0.1) is 5.69 Å². The molecule has 3 N–H and O–H groups in total. The largest absolute Gasteiger partial charge is 0.385 e. The molecule has 1 rings (SSSR count). The lowest BCUT2D eigenvalue weighted by Crippen LogP contribution is -2.25. The number of hydrogen-bond donors (Lipinski definition) is 2. The third-order valence-electron chi connectivity index (χ3n) is 2.22. The van der Waals surface area contributed by atoms with Gasteiger partial charge in [-0.1, -0.05) is 19.1 Å². The normalized spacial score (nSPS) is 15.9. The SMILES string of the molecule is CC(C)c1c(C(O)C(C)N)nnn1C. The summed E-state index contributed by atoms with van der Waals surface area (Å²) in [6, 6.07) is -0.329. The molecule has 0 fully saturated rings. The summed E-state index contributed by atoms with van der Waals surface area (Å²) in [6.45, 7) is 5.83. The zero-order valence-corrected chi connectivity index (χ0v) is 9.10. The van der Waals surface area contributed by atoms with Crippen LogP contribution in [-0.4, -0.2) is 26.1 Å². The number of nitrogens with zero attached hydrogens (tertiary/aromatic N) is 3. The standard InChI is InChI=1S/C9H18N4O/c1-5(2)8-7(9(14)6(3)10)11-12-13(8)4/h5-6,9,14H,10H2,1-4H3. The van der Waals surface area contributed by atoms with Crippen LogP contribution in [0.1, 0.15) is 44.2 Å². The fraction of sp³-hybridized carbons (Fsp3) is 0.778. The van der Waals surface area contributed by atoms with Crippen LogP contribution in [0.5, 0.6) is 0 Å². The first-order chi connectivity index (χ1) is 6.45. The van der Waals surface area contributed by atoms with E-state index in [0.717, 1.165) is 5.69 Å². The highest BCUT2D eigenvalue weighted by Gasteiger charge is 2.23. The Labute approximate surface area is 83.9 Å². The van der Waals surface area contributed by atoms with E-state index in [4.69, 9.17) is 5.73 Å². The smallest absolute Gasteiger partial charge is 0.116 e. The van der Waals surface area contributed by atoms with E-state index in [1.54, 1.807) is 11.6 Å². The maximum absolute atomic E-state index is 9.80. The number of aliphatic hydroxyl groups excluding tert-OH is 1. The average molecular weight is 198 g/mol. The van der Waals surface area contributed by atoms with Crippen molar-refractivity contribution in [2.24, 2.45) is 12.8 Å². The second-order valence-corrected chi connectivity index (χ2v) is 3.94. The number of aromatic nitrogens is 3. The van der Waals surface area contributed by atoms with Gasteiger partial charge in [0.2, 0.25) is 0 Å². The summed E-state index contributed by atoms with van der Waals surface area (Å²) < 4.78 is 1.69. The van der Waals surface area contributed by atoms with Crippen molar-refractivity contribution in [3.05, 3.63) is 11.4 Å². The van der Waals surface area contributed by atoms with Crippen LogP contribution in [0, 0.1) is 0 Å². The van der Waals surface area contributed by atoms with Crippen LogP contribution in [0.2, 0.25) is 0 Å². The molecule has 0 aliphatic rings. The third-order valence-corrected chi connectivity index (χ3v) is 2.22. The second kappa shape index (κ2) is 4.06. The molecule has 0 spiro atoms. The molecule has 0 radical (unpaired) electrons. The topological polar surface area (TPSA) is 77.0 Å². The number of rotatable bonds is 3. The second-order valence-electron chi connectivity index (χ2n) is 3.94. The average Bonchev–Trinajstić information content (AvgIpc) is 2.45.